The minimum Gasteiger partial charge on any atom is -0.379 e. The van der Waals surface area contributed by atoms with E-state index in [1.807, 2.05) is 12.1 Å². The molecule has 0 unspecified atom stereocenters. The van der Waals surface area contributed by atoms with Crippen molar-refractivity contribution in [2.45, 2.75) is 6.54 Å². The molecule has 1 aliphatic rings. The van der Waals surface area contributed by atoms with E-state index >= 15 is 0 Å². The van der Waals surface area contributed by atoms with Gasteiger partial charge in [0.05, 0.1) is 24.3 Å². The Morgan fingerprint density at radius 2 is 2.04 bits per heavy atom. The van der Waals surface area contributed by atoms with Crippen LogP contribution < -0.4 is 0 Å². The molecule has 0 atom stereocenters. The lowest BCUT2D eigenvalue weighted by Gasteiger charge is -2.25. The maximum absolute atomic E-state index is 8.97. The van der Waals surface area contributed by atoms with Crippen molar-refractivity contribution in [1.29, 1.82) is 5.26 Å². The van der Waals surface area contributed by atoms with Gasteiger partial charge in [-0.25, -0.2) is 0 Å². The first-order valence-electron chi connectivity index (χ1n) is 7.99. The zero-order chi connectivity index (χ0) is 16.4. The highest BCUT2D eigenvalue weighted by Gasteiger charge is 2.12. The van der Waals surface area contributed by atoms with Gasteiger partial charge in [0.25, 0.3) is 0 Å². The quantitative estimate of drug-likeness (QED) is 0.733. The number of morpholine rings is 1. The number of nitriles is 1. The normalized spacial score (nSPS) is 15.5. The molecular formula is C19H17N3OS. The number of ether oxygens (including phenoxy) is 1. The molecule has 0 bridgehead atoms. The Kier molecular flexibility index (Phi) is 4.26. The van der Waals surface area contributed by atoms with Crippen LogP contribution in [0.5, 0.6) is 0 Å². The third kappa shape index (κ3) is 3.17. The highest BCUT2D eigenvalue weighted by atomic mass is 32.1. The van der Waals surface area contributed by atoms with E-state index in [0.717, 1.165) is 43.8 Å². The number of rotatable bonds is 3. The Morgan fingerprint density at radius 1 is 1.17 bits per heavy atom. The van der Waals surface area contributed by atoms with Crippen molar-refractivity contribution < 1.29 is 4.74 Å². The number of pyridine rings is 1. The van der Waals surface area contributed by atoms with Gasteiger partial charge in [-0.2, -0.15) is 5.26 Å². The summed E-state index contributed by atoms with van der Waals surface area (Å²) >= 11 is 1.80. The van der Waals surface area contributed by atoms with Crippen LogP contribution in [-0.2, 0) is 11.3 Å². The predicted octanol–water partition coefficient (Wildman–Crippen LogP) is 3.67. The average molecular weight is 335 g/mol. The van der Waals surface area contributed by atoms with Crippen LogP contribution in [-0.4, -0.2) is 36.2 Å². The third-order valence-corrected chi connectivity index (χ3v) is 5.20. The fourth-order valence-corrected chi connectivity index (χ4v) is 3.89. The zero-order valence-corrected chi connectivity index (χ0v) is 14.1. The largest absolute Gasteiger partial charge is 0.379 e. The second kappa shape index (κ2) is 6.70. The third-order valence-electron chi connectivity index (χ3n) is 4.28. The Balaban J connectivity index is 1.57. The molecule has 0 N–H and O–H groups in total. The Labute approximate surface area is 144 Å². The summed E-state index contributed by atoms with van der Waals surface area (Å²) in [5, 5.41) is 12.2. The van der Waals surface area contributed by atoms with Crippen LogP contribution in [0.3, 0.4) is 0 Å². The van der Waals surface area contributed by atoms with Crippen LogP contribution >= 0.6 is 11.3 Å². The van der Waals surface area contributed by atoms with Crippen molar-refractivity contribution in [2.75, 3.05) is 26.3 Å². The predicted molar refractivity (Wildman–Crippen MR) is 95.9 cm³/mol. The van der Waals surface area contributed by atoms with E-state index in [-0.39, 0.29) is 0 Å². The summed E-state index contributed by atoms with van der Waals surface area (Å²) in [6, 6.07) is 12.5. The van der Waals surface area contributed by atoms with Gasteiger partial charge in [-0.15, -0.1) is 11.3 Å². The first-order valence-corrected chi connectivity index (χ1v) is 8.87. The van der Waals surface area contributed by atoms with E-state index in [0.29, 0.717) is 5.56 Å². The van der Waals surface area contributed by atoms with Crippen LogP contribution in [0.1, 0.15) is 10.4 Å². The van der Waals surface area contributed by atoms with Crippen LogP contribution in [0, 0.1) is 11.3 Å². The monoisotopic (exact) mass is 335 g/mol. The van der Waals surface area contributed by atoms with Crippen LogP contribution in [0.2, 0.25) is 0 Å². The summed E-state index contributed by atoms with van der Waals surface area (Å²) in [4.78, 5) is 8.21. The van der Waals surface area contributed by atoms with E-state index in [1.165, 1.54) is 16.0 Å². The number of aromatic nitrogens is 1. The molecule has 0 aliphatic carbocycles. The second-order valence-corrected chi connectivity index (χ2v) is 6.93. The second-order valence-electron chi connectivity index (χ2n) is 5.93. The molecule has 4 nitrogen and oxygen atoms in total. The molecule has 0 spiro atoms. The minimum absolute atomic E-state index is 0.596. The number of hydrogen-bond acceptors (Lipinski definition) is 5. The number of benzene rings is 1. The first kappa shape index (κ1) is 15.3. The molecule has 1 fully saturated rings. The topological polar surface area (TPSA) is 49.2 Å². The van der Waals surface area contributed by atoms with E-state index < -0.39 is 0 Å². The molecule has 0 radical (unpaired) electrons. The SMILES string of the molecule is N#Cc1cnc2cc(-c3csc(CN4CCOCC4)c3)ccc2c1. The lowest BCUT2D eigenvalue weighted by molar-refractivity contribution is 0.0346. The summed E-state index contributed by atoms with van der Waals surface area (Å²) in [7, 11) is 0. The molecule has 5 heteroatoms. The summed E-state index contributed by atoms with van der Waals surface area (Å²) in [5.41, 5.74) is 3.92. The van der Waals surface area contributed by atoms with Crippen molar-refractivity contribution in [3.8, 4) is 17.2 Å². The molecule has 3 aromatic rings. The number of fused-ring (bicyclic) bond motifs is 1. The van der Waals surface area contributed by atoms with Crippen molar-refractivity contribution in [2.24, 2.45) is 0 Å². The van der Waals surface area contributed by atoms with E-state index in [9.17, 15) is 0 Å². The summed E-state index contributed by atoms with van der Waals surface area (Å²) in [6.07, 6.45) is 1.63. The number of hydrogen-bond donors (Lipinski definition) is 0. The fourth-order valence-electron chi connectivity index (χ4n) is 2.96. The van der Waals surface area contributed by atoms with Gasteiger partial charge in [-0.3, -0.25) is 9.88 Å². The molecular weight excluding hydrogens is 318 g/mol. The lowest BCUT2D eigenvalue weighted by atomic mass is 10.1. The lowest BCUT2D eigenvalue weighted by Crippen LogP contribution is -2.35. The molecule has 1 aliphatic heterocycles. The van der Waals surface area contributed by atoms with Gasteiger partial charge in [0.1, 0.15) is 6.07 Å². The van der Waals surface area contributed by atoms with Crippen molar-refractivity contribution >= 4 is 22.2 Å². The van der Waals surface area contributed by atoms with Gasteiger partial charge in [0.15, 0.2) is 0 Å². The highest BCUT2D eigenvalue weighted by molar-refractivity contribution is 7.10. The zero-order valence-electron chi connectivity index (χ0n) is 13.2. The van der Waals surface area contributed by atoms with Gasteiger partial charge in [0, 0.05) is 36.1 Å². The highest BCUT2D eigenvalue weighted by Crippen LogP contribution is 2.29. The van der Waals surface area contributed by atoms with E-state index in [4.69, 9.17) is 10.00 Å². The smallest absolute Gasteiger partial charge is 0.101 e. The Hall–Kier alpha value is -2.26. The fraction of sp³-hybridized carbons (Fsp3) is 0.263. The Morgan fingerprint density at radius 3 is 2.88 bits per heavy atom. The van der Waals surface area contributed by atoms with Gasteiger partial charge >= 0.3 is 0 Å². The average Bonchev–Trinajstić information content (AvgIpc) is 3.10. The molecule has 24 heavy (non-hydrogen) atoms. The van der Waals surface area contributed by atoms with Crippen LogP contribution in [0.15, 0.2) is 41.9 Å². The van der Waals surface area contributed by atoms with Crippen molar-refractivity contribution in [3.05, 3.63) is 52.3 Å². The summed E-state index contributed by atoms with van der Waals surface area (Å²) < 4.78 is 5.40. The molecule has 2 aromatic heterocycles. The van der Waals surface area contributed by atoms with Crippen molar-refractivity contribution in [1.82, 2.24) is 9.88 Å². The summed E-state index contributed by atoms with van der Waals surface area (Å²) in [6.45, 7) is 4.67. The Bertz CT molecular complexity index is 906. The molecule has 0 amide bonds. The molecule has 0 saturated carbocycles. The molecule has 1 saturated heterocycles. The van der Waals surface area contributed by atoms with Crippen LogP contribution in [0.25, 0.3) is 22.0 Å². The molecule has 1 aromatic carbocycles. The molecule has 4 rings (SSSR count). The maximum Gasteiger partial charge on any atom is 0.101 e. The minimum atomic E-state index is 0.596. The van der Waals surface area contributed by atoms with Gasteiger partial charge in [0.2, 0.25) is 0 Å². The number of nitrogens with zero attached hydrogens (tertiary/aromatic N) is 3. The van der Waals surface area contributed by atoms with Crippen LogP contribution in [0.4, 0.5) is 0 Å². The molecule has 3 heterocycles. The number of thiophene rings is 1. The van der Waals surface area contributed by atoms with Gasteiger partial charge < -0.3 is 4.74 Å². The molecule has 120 valence electrons. The van der Waals surface area contributed by atoms with E-state index in [1.54, 1.807) is 17.5 Å². The maximum atomic E-state index is 8.97. The standard InChI is InChI=1S/C19H17N3OS/c20-10-14-7-16-2-1-15(9-19(16)21-11-14)17-8-18(24-13-17)12-22-3-5-23-6-4-22/h1-2,7-9,11,13H,3-6,12H2. The summed E-state index contributed by atoms with van der Waals surface area (Å²) in [5.74, 6) is 0. The first-order chi connectivity index (χ1) is 11.8. The van der Waals surface area contributed by atoms with Gasteiger partial charge in [-0.05, 0) is 34.7 Å². The van der Waals surface area contributed by atoms with E-state index in [2.05, 4.69) is 39.5 Å². The van der Waals surface area contributed by atoms with Gasteiger partial charge in [-0.1, -0.05) is 12.1 Å². The van der Waals surface area contributed by atoms with Crippen molar-refractivity contribution in [3.63, 3.8) is 0 Å².